The molecule has 1 aliphatic rings. The Morgan fingerprint density at radius 3 is 2.81 bits per heavy atom. The molecule has 1 aromatic heterocycles. The van der Waals surface area contributed by atoms with E-state index in [1.54, 1.807) is 0 Å². The van der Waals surface area contributed by atoms with Crippen molar-refractivity contribution >= 4 is 0 Å². The highest BCUT2D eigenvalue weighted by Gasteiger charge is 2.35. The standard InChI is InChI=1S/C19H24N2/c1-14-7-6-12-20-17(14)13-21-18-16-9-5-4-8-15(16)10-11-19(18,2)3/h4-9,12,18,21H,10-11,13H2,1-3H3. The van der Waals surface area contributed by atoms with Gasteiger partial charge in [0.1, 0.15) is 0 Å². The molecule has 0 aliphatic heterocycles. The third kappa shape index (κ3) is 2.86. The molecule has 2 aromatic rings. The monoisotopic (exact) mass is 280 g/mol. The highest BCUT2D eigenvalue weighted by molar-refractivity contribution is 5.34. The molecule has 2 nitrogen and oxygen atoms in total. The number of pyridine rings is 1. The first kappa shape index (κ1) is 14.3. The van der Waals surface area contributed by atoms with Crippen molar-refractivity contribution in [1.29, 1.82) is 0 Å². The van der Waals surface area contributed by atoms with E-state index in [0.717, 1.165) is 12.2 Å². The molecule has 0 radical (unpaired) electrons. The molecule has 3 rings (SSSR count). The summed E-state index contributed by atoms with van der Waals surface area (Å²) >= 11 is 0. The Labute approximate surface area is 127 Å². The molecule has 0 fully saturated rings. The van der Waals surface area contributed by atoms with E-state index >= 15 is 0 Å². The Bertz CT molecular complexity index is 631. The van der Waals surface area contributed by atoms with Crippen LogP contribution in [0.2, 0.25) is 0 Å². The van der Waals surface area contributed by atoms with Crippen LogP contribution in [0.4, 0.5) is 0 Å². The van der Waals surface area contributed by atoms with E-state index in [-0.39, 0.29) is 5.41 Å². The van der Waals surface area contributed by atoms with Gasteiger partial charge in [0.15, 0.2) is 0 Å². The van der Waals surface area contributed by atoms with Crippen LogP contribution in [0, 0.1) is 12.3 Å². The smallest absolute Gasteiger partial charge is 0.0570 e. The number of fused-ring (bicyclic) bond motifs is 1. The second-order valence-corrected chi connectivity index (χ2v) is 6.77. The molecule has 1 aromatic carbocycles. The van der Waals surface area contributed by atoms with Gasteiger partial charge in [0.25, 0.3) is 0 Å². The van der Waals surface area contributed by atoms with Crippen LogP contribution < -0.4 is 5.32 Å². The molecule has 21 heavy (non-hydrogen) atoms. The topological polar surface area (TPSA) is 24.9 Å². The van der Waals surface area contributed by atoms with E-state index in [1.807, 2.05) is 12.3 Å². The summed E-state index contributed by atoms with van der Waals surface area (Å²) in [4.78, 5) is 4.50. The quantitative estimate of drug-likeness (QED) is 0.911. The molecular weight excluding hydrogens is 256 g/mol. The van der Waals surface area contributed by atoms with Crippen molar-refractivity contribution in [3.05, 3.63) is 65.0 Å². The highest BCUT2D eigenvalue weighted by atomic mass is 15.0. The molecule has 0 spiro atoms. The minimum absolute atomic E-state index is 0.275. The number of aryl methyl sites for hydroxylation is 2. The number of nitrogens with one attached hydrogen (secondary N) is 1. The summed E-state index contributed by atoms with van der Waals surface area (Å²) in [5.74, 6) is 0. The zero-order valence-corrected chi connectivity index (χ0v) is 13.2. The molecule has 1 N–H and O–H groups in total. The van der Waals surface area contributed by atoms with Crippen LogP contribution in [0.5, 0.6) is 0 Å². The number of rotatable bonds is 3. The molecule has 0 bridgehead atoms. The minimum atomic E-state index is 0.275. The van der Waals surface area contributed by atoms with Crippen LogP contribution in [-0.2, 0) is 13.0 Å². The van der Waals surface area contributed by atoms with Gasteiger partial charge in [-0.05, 0) is 47.9 Å². The van der Waals surface area contributed by atoms with E-state index in [2.05, 4.69) is 61.4 Å². The predicted octanol–water partition coefficient (Wildman–Crippen LogP) is 4.19. The van der Waals surface area contributed by atoms with Crippen LogP contribution in [0.25, 0.3) is 0 Å². The molecule has 0 saturated heterocycles. The number of benzene rings is 1. The maximum absolute atomic E-state index is 4.50. The summed E-state index contributed by atoms with van der Waals surface area (Å²) in [7, 11) is 0. The summed E-state index contributed by atoms with van der Waals surface area (Å²) in [5, 5.41) is 3.76. The number of hydrogen-bond acceptors (Lipinski definition) is 2. The number of nitrogens with zero attached hydrogens (tertiary/aromatic N) is 1. The Morgan fingerprint density at radius 2 is 2.00 bits per heavy atom. The fourth-order valence-corrected chi connectivity index (χ4v) is 3.35. The molecule has 0 amide bonds. The lowest BCUT2D eigenvalue weighted by Crippen LogP contribution is -2.38. The zero-order valence-electron chi connectivity index (χ0n) is 13.2. The second-order valence-electron chi connectivity index (χ2n) is 6.77. The molecular formula is C19H24N2. The SMILES string of the molecule is Cc1cccnc1CNC1c2ccccc2CCC1(C)C. The number of hydrogen-bond donors (Lipinski definition) is 1. The van der Waals surface area contributed by atoms with Gasteiger partial charge < -0.3 is 5.32 Å². The fraction of sp³-hybridized carbons (Fsp3) is 0.421. The van der Waals surface area contributed by atoms with Gasteiger partial charge in [-0.1, -0.05) is 44.2 Å². The van der Waals surface area contributed by atoms with Gasteiger partial charge in [-0.25, -0.2) is 0 Å². The van der Waals surface area contributed by atoms with Crippen molar-refractivity contribution in [1.82, 2.24) is 10.3 Å². The molecule has 1 heterocycles. The lowest BCUT2D eigenvalue weighted by Gasteiger charge is -2.40. The van der Waals surface area contributed by atoms with Gasteiger partial charge in [-0.3, -0.25) is 4.98 Å². The normalized spacial score (nSPS) is 20.0. The maximum Gasteiger partial charge on any atom is 0.0570 e. The van der Waals surface area contributed by atoms with E-state index in [1.165, 1.54) is 29.5 Å². The Morgan fingerprint density at radius 1 is 1.19 bits per heavy atom. The van der Waals surface area contributed by atoms with Gasteiger partial charge in [-0.2, -0.15) is 0 Å². The Kier molecular flexibility index (Phi) is 3.81. The third-order valence-electron chi connectivity index (χ3n) is 4.78. The summed E-state index contributed by atoms with van der Waals surface area (Å²) in [6, 6.07) is 13.4. The van der Waals surface area contributed by atoms with Crippen LogP contribution in [-0.4, -0.2) is 4.98 Å². The highest BCUT2D eigenvalue weighted by Crippen LogP contribution is 2.43. The van der Waals surface area contributed by atoms with Crippen molar-refractivity contribution in [3.63, 3.8) is 0 Å². The lowest BCUT2D eigenvalue weighted by molar-refractivity contribution is 0.207. The first-order valence-corrected chi connectivity index (χ1v) is 7.79. The average Bonchev–Trinajstić information content (AvgIpc) is 2.47. The third-order valence-corrected chi connectivity index (χ3v) is 4.78. The number of aromatic nitrogens is 1. The molecule has 1 unspecified atom stereocenters. The summed E-state index contributed by atoms with van der Waals surface area (Å²) in [6.45, 7) is 7.69. The first-order valence-electron chi connectivity index (χ1n) is 7.79. The summed E-state index contributed by atoms with van der Waals surface area (Å²) in [5.41, 5.74) is 5.63. The van der Waals surface area contributed by atoms with Gasteiger partial charge in [0.2, 0.25) is 0 Å². The Balaban J connectivity index is 1.85. The van der Waals surface area contributed by atoms with Crippen LogP contribution >= 0.6 is 0 Å². The van der Waals surface area contributed by atoms with Crippen molar-refractivity contribution in [3.8, 4) is 0 Å². The molecule has 110 valence electrons. The molecule has 1 aliphatic carbocycles. The van der Waals surface area contributed by atoms with E-state index < -0.39 is 0 Å². The molecule has 0 saturated carbocycles. The van der Waals surface area contributed by atoms with Crippen LogP contribution in [0.1, 0.15) is 48.7 Å². The van der Waals surface area contributed by atoms with Gasteiger partial charge in [0, 0.05) is 18.8 Å². The lowest BCUT2D eigenvalue weighted by atomic mass is 9.70. The minimum Gasteiger partial charge on any atom is -0.304 e. The van der Waals surface area contributed by atoms with Gasteiger partial charge in [0.05, 0.1) is 5.69 Å². The zero-order chi connectivity index (χ0) is 14.9. The molecule has 2 heteroatoms. The average molecular weight is 280 g/mol. The fourth-order valence-electron chi connectivity index (χ4n) is 3.35. The Hall–Kier alpha value is -1.67. The van der Waals surface area contributed by atoms with Gasteiger partial charge >= 0.3 is 0 Å². The van der Waals surface area contributed by atoms with E-state index in [0.29, 0.717) is 6.04 Å². The first-order chi connectivity index (χ1) is 10.1. The summed E-state index contributed by atoms with van der Waals surface area (Å²) in [6.07, 6.45) is 4.29. The molecule has 1 atom stereocenters. The van der Waals surface area contributed by atoms with Crippen molar-refractivity contribution in [2.75, 3.05) is 0 Å². The summed E-state index contributed by atoms with van der Waals surface area (Å²) < 4.78 is 0. The van der Waals surface area contributed by atoms with Gasteiger partial charge in [-0.15, -0.1) is 0 Å². The van der Waals surface area contributed by atoms with Crippen molar-refractivity contribution < 1.29 is 0 Å². The van der Waals surface area contributed by atoms with Crippen LogP contribution in [0.15, 0.2) is 42.6 Å². The second kappa shape index (κ2) is 5.61. The van der Waals surface area contributed by atoms with E-state index in [9.17, 15) is 0 Å². The van der Waals surface area contributed by atoms with E-state index in [4.69, 9.17) is 0 Å². The predicted molar refractivity (Wildman–Crippen MR) is 87.1 cm³/mol. The van der Waals surface area contributed by atoms with Crippen molar-refractivity contribution in [2.45, 2.75) is 46.2 Å². The van der Waals surface area contributed by atoms with Crippen LogP contribution in [0.3, 0.4) is 0 Å². The van der Waals surface area contributed by atoms with Crippen molar-refractivity contribution in [2.24, 2.45) is 5.41 Å². The largest absolute Gasteiger partial charge is 0.304 e. The maximum atomic E-state index is 4.50.